The van der Waals surface area contributed by atoms with Crippen molar-refractivity contribution in [3.8, 4) is 11.1 Å². The predicted molar refractivity (Wildman–Crippen MR) is 176 cm³/mol. The van der Waals surface area contributed by atoms with Crippen molar-refractivity contribution < 1.29 is 37.9 Å². The van der Waals surface area contributed by atoms with Crippen LogP contribution in [-0.2, 0) is 40.5 Å². The number of aromatic nitrogens is 1. The first-order valence-corrected chi connectivity index (χ1v) is 14.8. The van der Waals surface area contributed by atoms with Crippen molar-refractivity contribution in [1.29, 1.82) is 0 Å². The molecule has 1 heterocycles. The number of ether oxygens (including phenoxy) is 2. The van der Waals surface area contributed by atoms with Gasteiger partial charge in [0.2, 0.25) is 11.5 Å². The van der Waals surface area contributed by atoms with E-state index in [0.717, 1.165) is 29.4 Å². The Morgan fingerprint density at radius 2 is 1.46 bits per heavy atom. The lowest BCUT2D eigenvalue weighted by Crippen LogP contribution is -2.19. The summed E-state index contributed by atoms with van der Waals surface area (Å²) in [4.78, 5) is 64.5. The fourth-order valence-electron chi connectivity index (χ4n) is 4.99. The average Bonchev–Trinajstić information content (AvgIpc) is 3.07. The van der Waals surface area contributed by atoms with Crippen LogP contribution in [0.2, 0.25) is 0 Å². The van der Waals surface area contributed by atoms with Crippen LogP contribution in [0.3, 0.4) is 0 Å². The Morgan fingerprint density at radius 3 is 2.06 bits per heavy atom. The van der Waals surface area contributed by atoms with Gasteiger partial charge >= 0.3 is 17.9 Å². The minimum atomic E-state index is -0.919. The highest BCUT2D eigenvalue weighted by Gasteiger charge is 2.22. The fraction of sp³-hybridized carbons (Fsp3) is 0.222. The van der Waals surface area contributed by atoms with Crippen LogP contribution >= 0.6 is 0 Å². The molecule has 0 aliphatic heterocycles. The molecular weight excluding hydrogens is 621 g/mol. The molecule has 1 unspecified atom stereocenters. The highest BCUT2D eigenvalue weighted by atomic mass is 19.1. The minimum Gasteiger partial charge on any atom is -0.469 e. The van der Waals surface area contributed by atoms with Gasteiger partial charge in [-0.3, -0.25) is 19.2 Å². The number of amides is 1. The van der Waals surface area contributed by atoms with Crippen LogP contribution in [0.4, 0.5) is 10.1 Å². The van der Waals surface area contributed by atoms with E-state index in [1.807, 2.05) is 36.4 Å². The van der Waals surface area contributed by atoms with Gasteiger partial charge in [-0.05, 0) is 65.1 Å². The van der Waals surface area contributed by atoms with Crippen LogP contribution in [0.15, 0.2) is 95.0 Å². The molecule has 1 N–H and O–H groups in total. The van der Waals surface area contributed by atoms with Crippen LogP contribution in [0.1, 0.15) is 47.4 Å². The van der Waals surface area contributed by atoms with E-state index < -0.39 is 36.2 Å². The second-order valence-electron chi connectivity index (χ2n) is 10.9. The summed E-state index contributed by atoms with van der Waals surface area (Å²) in [6.45, 7) is 1.80. The van der Waals surface area contributed by atoms with E-state index in [2.05, 4.69) is 19.9 Å². The molecule has 248 valence electrons. The molecule has 0 saturated heterocycles. The topological polar surface area (TPSA) is 142 Å². The smallest absolute Gasteiger partial charge is 0.346 e. The third-order valence-electron chi connectivity index (χ3n) is 7.55. The lowest BCUT2D eigenvalue weighted by molar-refractivity contribution is -0.153. The van der Waals surface area contributed by atoms with Gasteiger partial charge < -0.3 is 24.2 Å². The number of halogens is 1. The van der Waals surface area contributed by atoms with Crippen molar-refractivity contribution in [2.75, 3.05) is 19.5 Å². The third-order valence-corrected chi connectivity index (χ3v) is 7.55. The zero-order chi connectivity index (χ0) is 34.8. The molecule has 1 atom stereocenters. The molecule has 12 heteroatoms. The number of methoxy groups -OCH3 is 2. The van der Waals surface area contributed by atoms with E-state index in [-0.39, 0.29) is 24.2 Å². The second kappa shape index (κ2) is 16.1. The quantitative estimate of drug-likeness (QED) is 0.0736. The summed E-state index contributed by atoms with van der Waals surface area (Å²) in [7, 11) is 3.95. The molecule has 0 radical (unpaired) electrons. The molecule has 4 rings (SSSR count). The van der Waals surface area contributed by atoms with Crippen molar-refractivity contribution in [2.45, 2.75) is 32.1 Å². The zero-order valence-corrected chi connectivity index (χ0v) is 26.8. The number of anilines is 1. The first-order chi connectivity index (χ1) is 23.0. The number of hydrogen-bond donors (Lipinski definition) is 1. The number of pyridine rings is 1. The Morgan fingerprint density at radius 1 is 0.833 bits per heavy atom. The van der Waals surface area contributed by atoms with Crippen molar-refractivity contribution in [3.05, 3.63) is 123 Å². The van der Waals surface area contributed by atoms with Crippen molar-refractivity contribution >= 4 is 35.2 Å². The Labute approximate surface area is 275 Å². The summed E-state index contributed by atoms with van der Waals surface area (Å²) in [5, 5.41) is 6.77. The Balaban J connectivity index is 1.67. The molecule has 0 bridgehead atoms. The van der Waals surface area contributed by atoms with Crippen LogP contribution in [0.25, 0.3) is 11.1 Å². The molecule has 3 aromatic carbocycles. The average molecular weight is 656 g/mol. The highest BCUT2D eigenvalue weighted by Crippen LogP contribution is 2.34. The summed E-state index contributed by atoms with van der Waals surface area (Å²) < 4.78 is 24.6. The van der Waals surface area contributed by atoms with E-state index in [1.54, 1.807) is 44.4 Å². The first kappa shape index (κ1) is 35.0. The molecule has 4 aromatic rings. The van der Waals surface area contributed by atoms with Gasteiger partial charge in [-0.25, -0.2) is 9.18 Å². The van der Waals surface area contributed by atoms with Gasteiger partial charge in [0.25, 0.3) is 0 Å². The number of carbonyl (C=O) groups excluding carboxylic acids is 4. The number of esters is 2. The largest absolute Gasteiger partial charge is 0.469 e. The number of nitrogens with one attached hydrogen (secondary N) is 1. The van der Waals surface area contributed by atoms with E-state index in [0.29, 0.717) is 22.5 Å². The van der Waals surface area contributed by atoms with Crippen molar-refractivity contribution in [3.63, 3.8) is 0 Å². The minimum absolute atomic E-state index is 0.176. The molecular formula is C36H34FN3O8. The molecule has 11 nitrogen and oxygen atoms in total. The monoisotopic (exact) mass is 655 g/mol. The van der Waals surface area contributed by atoms with E-state index in [4.69, 9.17) is 4.84 Å². The van der Waals surface area contributed by atoms with Crippen LogP contribution in [0, 0.1) is 12.7 Å². The Bertz CT molecular complexity index is 1900. The van der Waals surface area contributed by atoms with Gasteiger partial charge in [0.15, 0.2) is 0 Å². The number of hydrogen-bond acceptors (Lipinski definition) is 9. The predicted octanol–water partition coefficient (Wildman–Crippen LogP) is 5.03. The number of aryl methyl sites for hydroxylation is 2. The first-order valence-electron chi connectivity index (χ1n) is 14.8. The van der Waals surface area contributed by atoms with Gasteiger partial charge in [0.05, 0.1) is 19.9 Å². The van der Waals surface area contributed by atoms with Gasteiger partial charge in [-0.2, -0.15) is 0 Å². The standard InChI is InChI=1S/C36H34FN3O8/c1-22-17-27(37)12-15-29(22)30(18-31(26-11-16-33(42)40(2)21-26)39-48-36(45)20-35(44)47-4)25-7-5-23(6-8-25)24-9-13-28(14-10-24)38-32(41)19-34(43)46-3/h5-17,21,30H,18-20H2,1-4H3,(H,38,41)/b39-31+. The molecule has 0 saturated carbocycles. The molecule has 0 fully saturated rings. The van der Waals surface area contributed by atoms with Gasteiger partial charge in [0, 0.05) is 42.9 Å². The Hall–Kier alpha value is -5.91. The van der Waals surface area contributed by atoms with Crippen molar-refractivity contribution in [1.82, 2.24) is 4.57 Å². The number of benzene rings is 3. The van der Waals surface area contributed by atoms with Crippen LogP contribution in [-0.4, -0.2) is 48.3 Å². The number of oxime groups is 1. The Kier molecular flexibility index (Phi) is 11.7. The van der Waals surface area contributed by atoms with Crippen LogP contribution < -0.4 is 10.9 Å². The normalized spacial score (nSPS) is 11.7. The van der Waals surface area contributed by atoms with Gasteiger partial charge in [-0.1, -0.05) is 47.6 Å². The molecule has 0 aliphatic carbocycles. The molecule has 0 aliphatic rings. The maximum atomic E-state index is 14.2. The van der Waals surface area contributed by atoms with Gasteiger partial charge in [0.1, 0.15) is 18.7 Å². The molecule has 48 heavy (non-hydrogen) atoms. The summed E-state index contributed by atoms with van der Waals surface area (Å²) in [5.41, 5.74) is 5.17. The second-order valence-corrected chi connectivity index (χ2v) is 10.9. The molecule has 0 spiro atoms. The highest BCUT2D eigenvalue weighted by molar-refractivity contribution is 6.02. The fourth-order valence-corrected chi connectivity index (χ4v) is 4.99. The summed E-state index contributed by atoms with van der Waals surface area (Å²) in [6, 6.07) is 22.2. The zero-order valence-electron chi connectivity index (χ0n) is 26.8. The summed E-state index contributed by atoms with van der Waals surface area (Å²) >= 11 is 0. The number of nitrogens with zero attached hydrogens (tertiary/aromatic N) is 2. The summed E-state index contributed by atoms with van der Waals surface area (Å²) in [5.74, 6) is -3.61. The summed E-state index contributed by atoms with van der Waals surface area (Å²) in [6.07, 6.45) is 0.715. The van der Waals surface area contributed by atoms with E-state index >= 15 is 0 Å². The molecule has 1 amide bonds. The SMILES string of the molecule is COC(=O)CC(=O)Nc1ccc(-c2ccc(C(C/C(=N\OC(=O)CC(=O)OC)c3ccc(=O)n(C)c3)c3ccc(F)cc3C)cc2)cc1. The van der Waals surface area contributed by atoms with Crippen LogP contribution in [0.5, 0.6) is 0 Å². The van der Waals surface area contributed by atoms with E-state index in [9.17, 15) is 28.4 Å². The third kappa shape index (κ3) is 9.32. The lowest BCUT2D eigenvalue weighted by atomic mass is 9.83. The number of carbonyl (C=O) groups is 4. The van der Waals surface area contributed by atoms with Crippen molar-refractivity contribution in [2.24, 2.45) is 12.2 Å². The number of rotatable bonds is 12. The molecule has 1 aromatic heterocycles. The van der Waals surface area contributed by atoms with Gasteiger partial charge in [-0.15, -0.1) is 0 Å². The maximum Gasteiger partial charge on any atom is 0.346 e. The maximum absolute atomic E-state index is 14.2. The van der Waals surface area contributed by atoms with E-state index in [1.165, 1.54) is 29.9 Å². The lowest BCUT2D eigenvalue weighted by Gasteiger charge is -2.22.